The van der Waals surface area contributed by atoms with E-state index in [2.05, 4.69) is 43.3 Å². The summed E-state index contributed by atoms with van der Waals surface area (Å²) < 4.78 is 81.5. The van der Waals surface area contributed by atoms with Crippen LogP contribution in [0.15, 0.2) is 109 Å². The predicted octanol–water partition coefficient (Wildman–Crippen LogP) is 7.35. The number of alkyl halides is 6. The van der Waals surface area contributed by atoms with Crippen molar-refractivity contribution < 1.29 is 31.4 Å². The van der Waals surface area contributed by atoms with E-state index in [0.29, 0.717) is 23.6 Å². The molecule has 4 aromatic carbocycles. The van der Waals surface area contributed by atoms with Gasteiger partial charge in [0.15, 0.2) is 0 Å². The third-order valence-electron chi connectivity index (χ3n) is 7.86. The van der Waals surface area contributed by atoms with Gasteiger partial charge in [-0.3, -0.25) is 0 Å². The molecule has 212 valence electrons. The fourth-order valence-electron chi connectivity index (χ4n) is 5.70. The van der Waals surface area contributed by atoms with Gasteiger partial charge < -0.3 is 0 Å². The first-order valence-electron chi connectivity index (χ1n) is 13.0. The van der Waals surface area contributed by atoms with Crippen LogP contribution in [0.5, 0.6) is 0 Å². The molecule has 1 atom stereocenters. The Labute approximate surface area is 230 Å². The molecular weight excluding hydrogens is 545 g/mol. The summed E-state index contributed by atoms with van der Waals surface area (Å²) in [5.74, 6) is 0. The van der Waals surface area contributed by atoms with Crippen molar-refractivity contribution in [2.24, 2.45) is 0 Å². The van der Waals surface area contributed by atoms with Crippen molar-refractivity contribution in [3.63, 3.8) is 0 Å². The monoisotopic (exact) mass is 576 g/mol. The summed E-state index contributed by atoms with van der Waals surface area (Å²) in [6, 6.07) is 33.1. The summed E-state index contributed by atoms with van der Waals surface area (Å²) in [6.07, 6.45) is -11.1. The maximum atomic E-state index is 13.6. The molecule has 0 saturated heterocycles. The number of hydrogen-bond acceptors (Lipinski definition) is 1. The number of aryl methyl sites for hydroxylation is 2. The second kappa shape index (κ2) is 11.4. The molecule has 0 spiro atoms. The van der Waals surface area contributed by atoms with Gasteiger partial charge in [0.25, 0.3) is 0 Å². The third-order valence-corrected chi connectivity index (χ3v) is 13.4. The van der Waals surface area contributed by atoms with Gasteiger partial charge >= 0.3 is 231 Å². The Bertz CT molecular complexity index is 1290. The Morgan fingerprint density at radius 1 is 0.650 bits per heavy atom. The van der Waals surface area contributed by atoms with Gasteiger partial charge in [-0.25, -0.2) is 0 Å². The number of aliphatic hydroxyl groups is 1. The fourth-order valence-corrected chi connectivity index (χ4v) is 11.1. The van der Waals surface area contributed by atoms with Crippen LogP contribution in [-0.4, -0.2) is 23.1 Å². The molecule has 0 fully saturated rings. The van der Waals surface area contributed by atoms with Crippen molar-refractivity contribution in [2.75, 3.05) is 0 Å². The second-order valence-electron chi connectivity index (χ2n) is 10.2. The van der Waals surface area contributed by atoms with Crippen LogP contribution in [0.2, 0.25) is 0 Å². The van der Waals surface area contributed by atoms with Gasteiger partial charge in [-0.2, -0.15) is 0 Å². The van der Waals surface area contributed by atoms with Crippen molar-refractivity contribution in [2.45, 2.75) is 50.3 Å². The SMILES string of the molecule is Cc1ccc(C(O)(C(F)(F)F)C(F)(F)F)cc1CCC(C)[PH](c1ccccc1)(c1ccccc1)c1ccccc1. The molecule has 0 heterocycles. The standard InChI is InChI=1S/C32H31F6OP/c1-23-18-21-26(30(39,31(33,34)35)32(36,37)38)22-25(23)20-19-24(2)40(27-12-6-3-7-13-27,28-14-8-4-9-15-28)29-16-10-5-11-17-29/h3-18,21-22,24,39-40H,19-20H2,1-2H3. The molecule has 4 rings (SSSR count). The zero-order chi connectivity index (χ0) is 29.2. The quantitative estimate of drug-likeness (QED) is 0.172. The Balaban J connectivity index is 1.80. The van der Waals surface area contributed by atoms with Gasteiger partial charge in [0.2, 0.25) is 0 Å². The Morgan fingerprint density at radius 3 is 1.43 bits per heavy atom. The van der Waals surface area contributed by atoms with Crippen LogP contribution < -0.4 is 15.9 Å². The Kier molecular flexibility index (Phi) is 8.49. The van der Waals surface area contributed by atoms with E-state index in [-0.39, 0.29) is 12.1 Å². The molecule has 40 heavy (non-hydrogen) atoms. The van der Waals surface area contributed by atoms with Crippen molar-refractivity contribution in [1.29, 1.82) is 0 Å². The predicted molar refractivity (Wildman–Crippen MR) is 152 cm³/mol. The van der Waals surface area contributed by atoms with Crippen LogP contribution in [0, 0.1) is 6.92 Å². The minimum absolute atomic E-state index is 0.00636. The molecule has 0 aromatic heterocycles. The van der Waals surface area contributed by atoms with Crippen molar-refractivity contribution in [3.05, 3.63) is 126 Å². The van der Waals surface area contributed by atoms with Gasteiger partial charge in [-0.05, 0) is 0 Å². The molecule has 1 N–H and O–H groups in total. The number of hydrogen-bond donors (Lipinski definition) is 1. The molecule has 1 unspecified atom stereocenters. The summed E-state index contributed by atoms with van der Waals surface area (Å²) in [4.78, 5) is 0. The molecule has 0 aliphatic carbocycles. The van der Waals surface area contributed by atoms with Crippen molar-refractivity contribution in [1.82, 2.24) is 0 Å². The average molecular weight is 577 g/mol. The topological polar surface area (TPSA) is 20.2 Å². The molecule has 0 saturated carbocycles. The minimum atomic E-state index is -5.93. The number of benzene rings is 4. The van der Waals surface area contributed by atoms with Crippen LogP contribution in [-0.2, 0) is 12.0 Å². The van der Waals surface area contributed by atoms with E-state index < -0.39 is 30.8 Å². The molecule has 1 nitrogen and oxygen atoms in total. The van der Waals surface area contributed by atoms with Crippen molar-refractivity contribution >= 4 is 23.2 Å². The van der Waals surface area contributed by atoms with Crippen LogP contribution in [0.4, 0.5) is 26.3 Å². The summed E-state index contributed by atoms with van der Waals surface area (Å²) in [5.41, 5.74) is -5.27. The fraction of sp³-hybridized carbons (Fsp3) is 0.250. The van der Waals surface area contributed by atoms with Gasteiger partial charge in [-0.15, -0.1) is 0 Å². The molecule has 0 radical (unpaired) electrons. The Morgan fingerprint density at radius 2 is 1.05 bits per heavy atom. The zero-order valence-corrected chi connectivity index (χ0v) is 23.1. The van der Waals surface area contributed by atoms with Crippen LogP contribution in [0.3, 0.4) is 0 Å². The summed E-state index contributed by atoms with van der Waals surface area (Å²) in [7, 11) is -2.72. The molecule has 4 aromatic rings. The molecular formula is C32H31F6OP. The zero-order valence-electron chi connectivity index (χ0n) is 22.1. The van der Waals surface area contributed by atoms with E-state index in [1.165, 1.54) is 6.07 Å². The van der Waals surface area contributed by atoms with E-state index in [1.54, 1.807) is 6.92 Å². The molecule has 0 aliphatic rings. The summed E-state index contributed by atoms with van der Waals surface area (Å²) in [6.45, 7) is 3.76. The van der Waals surface area contributed by atoms with Gasteiger partial charge in [0, 0.05) is 0 Å². The van der Waals surface area contributed by atoms with E-state index in [4.69, 9.17) is 0 Å². The first-order chi connectivity index (χ1) is 18.8. The first kappa shape index (κ1) is 29.8. The number of halogens is 6. The Hall–Kier alpha value is -3.15. The molecule has 0 amide bonds. The van der Waals surface area contributed by atoms with E-state index >= 15 is 0 Å². The second-order valence-corrected chi connectivity index (χ2v) is 14.5. The van der Waals surface area contributed by atoms with E-state index in [0.717, 1.165) is 22.0 Å². The molecule has 8 heteroatoms. The van der Waals surface area contributed by atoms with E-state index in [9.17, 15) is 31.4 Å². The van der Waals surface area contributed by atoms with Crippen LogP contribution in [0.25, 0.3) is 0 Å². The van der Waals surface area contributed by atoms with Gasteiger partial charge in [0.05, 0.1) is 0 Å². The summed E-state index contributed by atoms with van der Waals surface area (Å²) >= 11 is 0. The normalized spacial score (nSPS) is 14.1. The maximum absolute atomic E-state index is 13.6. The van der Waals surface area contributed by atoms with Gasteiger partial charge in [0.1, 0.15) is 0 Å². The first-order valence-corrected chi connectivity index (χ1v) is 15.0. The van der Waals surface area contributed by atoms with Crippen LogP contribution >= 0.6 is 7.26 Å². The molecule has 0 bridgehead atoms. The third kappa shape index (κ3) is 5.29. The summed E-state index contributed by atoms with van der Waals surface area (Å²) in [5, 5.41) is 13.5. The van der Waals surface area contributed by atoms with E-state index in [1.807, 2.05) is 54.6 Å². The van der Waals surface area contributed by atoms with Crippen molar-refractivity contribution in [3.8, 4) is 0 Å². The molecule has 0 aliphatic heterocycles. The number of rotatable bonds is 8. The van der Waals surface area contributed by atoms with Gasteiger partial charge in [-0.1, -0.05) is 0 Å². The van der Waals surface area contributed by atoms with Crippen LogP contribution in [0.1, 0.15) is 30.0 Å². The average Bonchev–Trinajstić information content (AvgIpc) is 2.93.